The second kappa shape index (κ2) is 7.03. The molecule has 1 fully saturated rings. The van der Waals surface area contributed by atoms with E-state index in [2.05, 4.69) is 5.32 Å². The number of likely N-dealkylation sites (N-methyl/N-ethyl adjacent to an activating group) is 1. The quantitative estimate of drug-likeness (QED) is 0.841. The minimum Gasteiger partial charge on any atom is -0.484 e. The molecule has 1 atom stereocenters. The monoisotopic (exact) mass is 296 g/mol. The first kappa shape index (κ1) is 15.2. The summed E-state index contributed by atoms with van der Waals surface area (Å²) < 4.78 is 23.2. The van der Waals surface area contributed by atoms with Crippen molar-refractivity contribution in [3.63, 3.8) is 0 Å². The molecule has 0 aliphatic carbocycles. The summed E-state index contributed by atoms with van der Waals surface area (Å²) in [4.78, 5) is 24.4. The minimum absolute atomic E-state index is 0.0309. The van der Waals surface area contributed by atoms with Crippen molar-refractivity contribution >= 4 is 11.8 Å². The zero-order valence-corrected chi connectivity index (χ0v) is 11.7. The van der Waals surface area contributed by atoms with E-state index >= 15 is 0 Å². The van der Waals surface area contributed by atoms with Gasteiger partial charge in [0.1, 0.15) is 18.2 Å². The normalized spacial score (nSPS) is 18.5. The molecule has 0 saturated carbocycles. The van der Waals surface area contributed by atoms with Crippen molar-refractivity contribution in [1.29, 1.82) is 0 Å². The molecule has 2 amide bonds. The maximum absolute atomic E-state index is 12.7. The molecule has 1 aromatic rings. The molecule has 1 aliphatic rings. The van der Waals surface area contributed by atoms with Gasteiger partial charge in [0.2, 0.25) is 5.91 Å². The first-order chi connectivity index (χ1) is 10.0. The van der Waals surface area contributed by atoms with Crippen LogP contribution < -0.4 is 10.1 Å². The summed E-state index contributed by atoms with van der Waals surface area (Å²) in [6.07, 6.45) is -0.220. The molecule has 1 aliphatic heterocycles. The van der Waals surface area contributed by atoms with Crippen LogP contribution in [-0.4, -0.2) is 56.2 Å². The van der Waals surface area contributed by atoms with Gasteiger partial charge in [0.05, 0.1) is 6.10 Å². The van der Waals surface area contributed by atoms with Gasteiger partial charge in [0.15, 0.2) is 6.61 Å². The van der Waals surface area contributed by atoms with Crippen LogP contribution in [-0.2, 0) is 14.3 Å². The number of rotatable bonds is 5. The van der Waals surface area contributed by atoms with Gasteiger partial charge in [-0.05, 0) is 24.3 Å². The number of ether oxygens (including phenoxy) is 2. The Labute approximate surface area is 121 Å². The first-order valence-electron chi connectivity index (χ1n) is 6.55. The van der Waals surface area contributed by atoms with Crippen LogP contribution in [0.5, 0.6) is 5.75 Å². The van der Waals surface area contributed by atoms with E-state index in [9.17, 15) is 14.0 Å². The minimum atomic E-state index is -0.361. The maximum Gasteiger partial charge on any atom is 0.258 e. The third-order valence-electron chi connectivity index (χ3n) is 3.06. The van der Waals surface area contributed by atoms with Crippen molar-refractivity contribution in [2.75, 3.05) is 33.4 Å². The molecule has 1 saturated heterocycles. The molecule has 0 aromatic heterocycles. The van der Waals surface area contributed by atoms with E-state index in [-0.39, 0.29) is 36.9 Å². The molecule has 1 unspecified atom stereocenters. The van der Waals surface area contributed by atoms with Crippen LogP contribution in [0.25, 0.3) is 0 Å². The van der Waals surface area contributed by atoms with Crippen LogP contribution in [0.4, 0.5) is 4.39 Å². The average molecular weight is 296 g/mol. The van der Waals surface area contributed by atoms with Gasteiger partial charge in [-0.25, -0.2) is 4.39 Å². The number of nitrogens with one attached hydrogen (secondary N) is 1. The number of hydrogen-bond acceptors (Lipinski definition) is 4. The van der Waals surface area contributed by atoms with E-state index in [1.165, 1.54) is 24.3 Å². The topological polar surface area (TPSA) is 67.9 Å². The number of carbonyl (C=O) groups excluding carboxylic acids is 2. The van der Waals surface area contributed by atoms with Crippen molar-refractivity contribution in [2.24, 2.45) is 0 Å². The second-order valence-corrected chi connectivity index (χ2v) is 4.75. The fourth-order valence-corrected chi connectivity index (χ4v) is 1.84. The summed E-state index contributed by atoms with van der Waals surface area (Å²) in [5, 5.41) is 2.67. The SMILES string of the molecule is CN1CC(CNC(=O)COc2ccc(F)cc2)OCC1=O. The molecule has 0 radical (unpaired) electrons. The summed E-state index contributed by atoms with van der Waals surface area (Å²) >= 11 is 0. The molecule has 6 nitrogen and oxygen atoms in total. The molecule has 1 N–H and O–H groups in total. The molecule has 7 heteroatoms. The standard InChI is InChI=1S/C14H17FN2O4/c1-17-7-12(21-9-14(17)19)6-16-13(18)8-20-11-4-2-10(15)3-5-11/h2-5,12H,6-9H2,1H3,(H,16,18). The molecule has 1 aromatic carbocycles. The summed E-state index contributed by atoms with van der Waals surface area (Å²) in [7, 11) is 1.69. The number of benzene rings is 1. The Morgan fingerprint density at radius 2 is 2.19 bits per heavy atom. The Balaban J connectivity index is 1.68. The van der Waals surface area contributed by atoms with Gasteiger partial charge in [0.25, 0.3) is 5.91 Å². The number of carbonyl (C=O) groups is 2. The smallest absolute Gasteiger partial charge is 0.258 e. The van der Waals surface area contributed by atoms with E-state index in [4.69, 9.17) is 9.47 Å². The predicted octanol–water partition coefficient (Wildman–Crippen LogP) is 0.178. The van der Waals surface area contributed by atoms with Crippen molar-refractivity contribution in [3.05, 3.63) is 30.1 Å². The Morgan fingerprint density at radius 1 is 1.48 bits per heavy atom. The summed E-state index contributed by atoms with van der Waals surface area (Å²) in [5.41, 5.74) is 0. The van der Waals surface area contributed by atoms with Gasteiger partial charge in [-0.1, -0.05) is 0 Å². The van der Waals surface area contributed by atoms with E-state index in [0.29, 0.717) is 18.8 Å². The molecule has 0 bridgehead atoms. The lowest BCUT2D eigenvalue weighted by Gasteiger charge is -2.29. The zero-order valence-electron chi connectivity index (χ0n) is 11.7. The lowest BCUT2D eigenvalue weighted by atomic mass is 10.3. The van der Waals surface area contributed by atoms with Gasteiger partial charge >= 0.3 is 0 Å². The molecule has 1 heterocycles. The van der Waals surface area contributed by atoms with Gasteiger partial charge < -0.3 is 19.7 Å². The first-order valence-corrected chi connectivity index (χ1v) is 6.55. The predicted molar refractivity (Wildman–Crippen MR) is 72.3 cm³/mol. The number of morpholine rings is 1. The average Bonchev–Trinajstić information content (AvgIpc) is 2.48. The number of nitrogens with zero attached hydrogens (tertiary/aromatic N) is 1. The van der Waals surface area contributed by atoms with Crippen LogP contribution in [0, 0.1) is 5.82 Å². The van der Waals surface area contributed by atoms with Gasteiger partial charge in [-0.3, -0.25) is 9.59 Å². The molecular weight excluding hydrogens is 279 g/mol. The molecule has 21 heavy (non-hydrogen) atoms. The third-order valence-corrected chi connectivity index (χ3v) is 3.06. The largest absolute Gasteiger partial charge is 0.484 e. The lowest BCUT2D eigenvalue weighted by molar-refractivity contribution is -0.146. The highest BCUT2D eigenvalue weighted by Crippen LogP contribution is 2.10. The highest BCUT2D eigenvalue weighted by atomic mass is 19.1. The Bertz CT molecular complexity index is 506. The van der Waals surface area contributed by atoms with Gasteiger partial charge in [-0.15, -0.1) is 0 Å². The molecular formula is C14H17FN2O4. The summed E-state index contributed by atoms with van der Waals surface area (Å²) in [5.74, 6) is -0.314. The Morgan fingerprint density at radius 3 is 2.86 bits per heavy atom. The Kier molecular flexibility index (Phi) is 5.10. The fourth-order valence-electron chi connectivity index (χ4n) is 1.84. The second-order valence-electron chi connectivity index (χ2n) is 4.75. The van der Waals surface area contributed by atoms with E-state index in [0.717, 1.165) is 0 Å². The van der Waals surface area contributed by atoms with E-state index < -0.39 is 0 Å². The van der Waals surface area contributed by atoms with Gasteiger partial charge in [0, 0.05) is 20.1 Å². The molecule has 114 valence electrons. The number of hydrogen-bond donors (Lipinski definition) is 1. The van der Waals surface area contributed by atoms with Crippen molar-refractivity contribution < 1.29 is 23.5 Å². The van der Waals surface area contributed by atoms with Crippen LogP contribution in [0.3, 0.4) is 0 Å². The van der Waals surface area contributed by atoms with E-state index in [1.54, 1.807) is 11.9 Å². The molecule has 0 spiro atoms. The molecule has 2 rings (SSSR count). The van der Waals surface area contributed by atoms with E-state index in [1.807, 2.05) is 0 Å². The van der Waals surface area contributed by atoms with Crippen LogP contribution in [0.15, 0.2) is 24.3 Å². The van der Waals surface area contributed by atoms with Crippen LogP contribution in [0.1, 0.15) is 0 Å². The zero-order chi connectivity index (χ0) is 15.2. The van der Waals surface area contributed by atoms with Crippen LogP contribution >= 0.6 is 0 Å². The maximum atomic E-state index is 12.7. The fraction of sp³-hybridized carbons (Fsp3) is 0.429. The number of amides is 2. The third kappa shape index (κ3) is 4.71. The lowest BCUT2D eigenvalue weighted by Crippen LogP contribution is -2.49. The van der Waals surface area contributed by atoms with Crippen molar-refractivity contribution in [1.82, 2.24) is 10.2 Å². The number of halogens is 1. The van der Waals surface area contributed by atoms with Crippen molar-refractivity contribution in [3.8, 4) is 5.75 Å². The summed E-state index contributed by atoms with van der Waals surface area (Å²) in [6.45, 7) is 0.622. The van der Waals surface area contributed by atoms with Crippen LogP contribution in [0.2, 0.25) is 0 Å². The Hall–Kier alpha value is -2.15. The van der Waals surface area contributed by atoms with Gasteiger partial charge in [-0.2, -0.15) is 0 Å². The highest BCUT2D eigenvalue weighted by molar-refractivity contribution is 5.78. The summed E-state index contributed by atoms with van der Waals surface area (Å²) in [6, 6.07) is 5.42. The van der Waals surface area contributed by atoms with Crippen molar-refractivity contribution in [2.45, 2.75) is 6.10 Å². The highest BCUT2D eigenvalue weighted by Gasteiger charge is 2.23.